The van der Waals surface area contributed by atoms with Crippen molar-refractivity contribution in [3.63, 3.8) is 0 Å². The van der Waals surface area contributed by atoms with E-state index in [-0.39, 0.29) is 11.7 Å². The van der Waals surface area contributed by atoms with E-state index in [9.17, 15) is 5.11 Å². The van der Waals surface area contributed by atoms with Gasteiger partial charge in [0.2, 0.25) is 0 Å². The summed E-state index contributed by atoms with van der Waals surface area (Å²) >= 11 is 0. The van der Waals surface area contributed by atoms with Crippen LogP contribution in [0.3, 0.4) is 0 Å². The molecule has 0 bridgehead atoms. The molecule has 0 saturated carbocycles. The monoisotopic (exact) mass is 245 g/mol. The van der Waals surface area contributed by atoms with Crippen molar-refractivity contribution in [2.75, 3.05) is 27.7 Å². The van der Waals surface area contributed by atoms with Gasteiger partial charge in [-0.3, -0.25) is 0 Å². The Morgan fingerprint density at radius 3 is 2.44 bits per heavy atom. The highest BCUT2D eigenvalue weighted by molar-refractivity contribution is 5.32. The minimum absolute atomic E-state index is 0.139. The third-order valence-corrected chi connectivity index (χ3v) is 2.61. The molecule has 18 heavy (non-hydrogen) atoms. The van der Waals surface area contributed by atoms with Gasteiger partial charge in [-0.25, -0.2) is 0 Å². The van der Waals surface area contributed by atoms with Crippen molar-refractivity contribution in [1.82, 2.24) is 4.90 Å². The summed E-state index contributed by atoms with van der Waals surface area (Å²) in [7, 11) is 5.55. The fraction of sp³-hybridized carbons (Fsp3) is 0.333. The first-order chi connectivity index (χ1) is 8.58. The van der Waals surface area contributed by atoms with Crippen LogP contribution in [0.5, 0.6) is 5.75 Å². The molecule has 1 aromatic carbocycles. The number of ether oxygens (including phenoxy) is 1. The van der Waals surface area contributed by atoms with E-state index in [0.29, 0.717) is 6.54 Å². The van der Waals surface area contributed by atoms with Crippen LogP contribution in [-0.2, 0) is 0 Å². The largest absolute Gasteiger partial charge is 0.503 e. The minimum Gasteiger partial charge on any atom is -0.503 e. The Morgan fingerprint density at radius 1 is 1.39 bits per heavy atom. The average Bonchev–Trinajstić information content (AvgIpc) is 2.36. The number of likely N-dealkylation sites (N-methyl/N-ethyl adjacent to an activating group) is 1. The number of methoxy groups -OCH3 is 1. The maximum absolute atomic E-state index is 9.98. The first kappa shape index (κ1) is 14.1. The molecule has 96 valence electrons. The molecule has 0 saturated heterocycles. The Kier molecular flexibility index (Phi) is 5.29. The van der Waals surface area contributed by atoms with Crippen LogP contribution in [0.2, 0.25) is 0 Å². The van der Waals surface area contributed by atoms with Gasteiger partial charge in [0.15, 0.2) is 5.76 Å². The van der Waals surface area contributed by atoms with E-state index < -0.39 is 0 Å². The van der Waals surface area contributed by atoms with Crippen molar-refractivity contribution in [2.45, 2.75) is 5.92 Å². The van der Waals surface area contributed by atoms with Gasteiger partial charge in [-0.1, -0.05) is 17.9 Å². The summed E-state index contributed by atoms with van der Waals surface area (Å²) in [4.78, 5) is 2.01. The molecule has 0 aliphatic carbocycles. The van der Waals surface area contributed by atoms with Gasteiger partial charge in [0.05, 0.1) is 13.0 Å². The number of hydrogen-bond donors (Lipinski definition) is 1. The Bertz CT molecular complexity index is 464. The summed E-state index contributed by atoms with van der Waals surface area (Å²) in [6.07, 6.45) is 0. The van der Waals surface area contributed by atoms with Crippen LogP contribution >= 0.6 is 0 Å². The second kappa shape index (κ2) is 6.73. The molecule has 1 atom stereocenters. The lowest BCUT2D eigenvalue weighted by atomic mass is 9.96. The van der Waals surface area contributed by atoms with Gasteiger partial charge >= 0.3 is 0 Å². The summed E-state index contributed by atoms with van der Waals surface area (Å²) < 4.78 is 5.12. The molecule has 0 amide bonds. The fourth-order valence-corrected chi connectivity index (χ4v) is 1.73. The van der Waals surface area contributed by atoms with Crippen LogP contribution < -0.4 is 4.74 Å². The summed E-state index contributed by atoms with van der Waals surface area (Å²) in [5.41, 5.74) is 6.12. The quantitative estimate of drug-likeness (QED) is 0.639. The van der Waals surface area contributed by atoms with Gasteiger partial charge in [0.1, 0.15) is 5.75 Å². The van der Waals surface area contributed by atoms with Crippen LogP contribution in [0.4, 0.5) is 0 Å². The van der Waals surface area contributed by atoms with Crippen molar-refractivity contribution >= 4 is 0 Å². The van der Waals surface area contributed by atoms with Gasteiger partial charge < -0.3 is 14.7 Å². The van der Waals surface area contributed by atoms with E-state index in [2.05, 4.69) is 18.0 Å². The van der Waals surface area contributed by atoms with Crippen molar-refractivity contribution in [3.8, 4) is 5.75 Å². The molecule has 0 radical (unpaired) electrons. The molecule has 1 N–H and O–H groups in total. The van der Waals surface area contributed by atoms with Gasteiger partial charge in [0.25, 0.3) is 0 Å². The lowest BCUT2D eigenvalue weighted by Crippen LogP contribution is -2.21. The molecule has 0 aromatic heterocycles. The predicted octanol–water partition coefficient (Wildman–Crippen LogP) is 2.72. The molecule has 0 spiro atoms. The first-order valence-corrected chi connectivity index (χ1v) is 5.71. The smallest absolute Gasteiger partial charge is 0.151 e. The highest BCUT2D eigenvalue weighted by atomic mass is 16.5. The molecule has 0 aliphatic rings. The van der Waals surface area contributed by atoms with E-state index >= 15 is 0 Å². The standard InChI is InChI=1S/C15H19NO2/c1-5-6-15(17)14(11-16(2)3)12-7-9-13(18-4)10-8-12/h7-10,14,17H,1,11H2,2-4H3. The van der Waals surface area contributed by atoms with Crippen molar-refractivity contribution in [3.05, 3.63) is 53.6 Å². The third kappa shape index (κ3) is 3.83. The lowest BCUT2D eigenvalue weighted by molar-refractivity contribution is 0.313. The zero-order chi connectivity index (χ0) is 13.5. The van der Waals surface area contributed by atoms with Crippen LogP contribution in [0.25, 0.3) is 0 Å². The van der Waals surface area contributed by atoms with Crippen molar-refractivity contribution in [1.29, 1.82) is 0 Å². The first-order valence-electron chi connectivity index (χ1n) is 5.71. The molecule has 3 heteroatoms. The van der Waals surface area contributed by atoms with Gasteiger partial charge in [-0.05, 0) is 44.1 Å². The summed E-state index contributed by atoms with van der Waals surface area (Å²) in [5, 5.41) is 9.98. The van der Waals surface area contributed by atoms with E-state index in [0.717, 1.165) is 11.3 Å². The van der Waals surface area contributed by atoms with Gasteiger partial charge in [-0.2, -0.15) is 0 Å². The Balaban J connectivity index is 3.08. The summed E-state index contributed by atoms with van der Waals surface area (Å²) in [6.45, 7) is 4.12. The number of benzene rings is 1. The summed E-state index contributed by atoms with van der Waals surface area (Å²) in [6, 6.07) is 7.63. The van der Waals surface area contributed by atoms with E-state index in [1.54, 1.807) is 7.11 Å². The SMILES string of the molecule is C=C=C=C(O)C(CN(C)C)c1ccc(OC)cc1. The van der Waals surface area contributed by atoms with Crippen LogP contribution in [0.15, 0.2) is 48.1 Å². The Hall–Kier alpha value is -1.92. The number of rotatable bonds is 5. The zero-order valence-electron chi connectivity index (χ0n) is 11.1. The molecule has 1 aromatic rings. The lowest BCUT2D eigenvalue weighted by Gasteiger charge is -2.20. The van der Waals surface area contributed by atoms with E-state index in [4.69, 9.17) is 4.74 Å². The zero-order valence-corrected chi connectivity index (χ0v) is 11.1. The molecule has 0 heterocycles. The number of aliphatic hydroxyl groups is 1. The molecule has 0 aliphatic heterocycles. The second-order valence-corrected chi connectivity index (χ2v) is 4.28. The van der Waals surface area contributed by atoms with Crippen LogP contribution in [0, 0.1) is 0 Å². The maximum Gasteiger partial charge on any atom is 0.151 e. The molecule has 3 nitrogen and oxygen atoms in total. The van der Waals surface area contributed by atoms with Crippen molar-refractivity contribution in [2.24, 2.45) is 0 Å². The number of hydrogen-bond acceptors (Lipinski definition) is 3. The van der Waals surface area contributed by atoms with Crippen LogP contribution in [0.1, 0.15) is 11.5 Å². The number of aliphatic hydroxyl groups excluding tert-OH is 1. The van der Waals surface area contributed by atoms with Gasteiger partial charge in [0, 0.05) is 6.54 Å². The number of nitrogens with zero attached hydrogens (tertiary/aromatic N) is 1. The molecule has 1 rings (SSSR count). The fourth-order valence-electron chi connectivity index (χ4n) is 1.73. The van der Waals surface area contributed by atoms with E-state index in [1.165, 1.54) is 0 Å². The summed E-state index contributed by atoms with van der Waals surface area (Å²) in [5.74, 6) is 0.800. The highest BCUT2D eigenvalue weighted by Gasteiger charge is 2.17. The Labute approximate surface area is 108 Å². The maximum atomic E-state index is 9.98. The predicted molar refractivity (Wildman–Crippen MR) is 73.1 cm³/mol. The normalized spacial score (nSPS) is 11.6. The van der Waals surface area contributed by atoms with Crippen LogP contribution in [-0.4, -0.2) is 37.8 Å². The molecular formula is C15H19NO2. The molecular weight excluding hydrogens is 226 g/mol. The minimum atomic E-state index is -0.139. The van der Waals surface area contributed by atoms with Gasteiger partial charge in [-0.15, -0.1) is 0 Å². The Morgan fingerprint density at radius 2 is 2.00 bits per heavy atom. The molecule has 0 fully saturated rings. The third-order valence-electron chi connectivity index (χ3n) is 2.61. The highest BCUT2D eigenvalue weighted by Crippen LogP contribution is 2.24. The topological polar surface area (TPSA) is 32.7 Å². The van der Waals surface area contributed by atoms with E-state index in [1.807, 2.05) is 43.3 Å². The molecule has 1 unspecified atom stereocenters. The second-order valence-electron chi connectivity index (χ2n) is 4.28. The average molecular weight is 245 g/mol. The van der Waals surface area contributed by atoms with Crippen molar-refractivity contribution < 1.29 is 9.84 Å².